The Labute approximate surface area is 124 Å². The Morgan fingerprint density at radius 1 is 1.14 bits per heavy atom. The van der Waals surface area contributed by atoms with Gasteiger partial charge in [-0.15, -0.1) is 0 Å². The molecule has 4 heteroatoms. The summed E-state index contributed by atoms with van der Waals surface area (Å²) < 4.78 is 0. The first-order valence-electron chi connectivity index (χ1n) is 6.90. The lowest BCUT2D eigenvalue weighted by atomic mass is 10.1. The Balaban J connectivity index is 2.13. The molecule has 2 aromatic carbocycles. The highest BCUT2D eigenvalue weighted by atomic mass is 16.3. The molecule has 0 fully saturated rings. The van der Waals surface area contributed by atoms with E-state index < -0.39 is 0 Å². The molecule has 3 N–H and O–H groups in total. The van der Waals surface area contributed by atoms with E-state index in [1.54, 1.807) is 6.07 Å². The fourth-order valence-corrected chi connectivity index (χ4v) is 2.25. The molecule has 0 saturated heterocycles. The second kappa shape index (κ2) is 6.31. The summed E-state index contributed by atoms with van der Waals surface area (Å²) in [5.41, 5.74) is 3.62. The number of amides is 1. The summed E-state index contributed by atoms with van der Waals surface area (Å²) in [6.07, 6.45) is 0.989. The minimum atomic E-state index is -0.217. The van der Waals surface area contributed by atoms with Crippen LogP contribution in [0.3, 0.4) is 0 Å². The van der Waals surface area contributed by atoms with Gasteiger partial charge in [0.15, 0.2) is 11.5 Å². The van der Waals surface area contributed by atoms with E-state index in [-0.39, 0.29) is 23.8 Å². The van der Waals surface area contributed by atoms with Crippen molar-refractivity contribution in [1.29, 1.82) is 0 Å². The van der Waals surface area contributed by atoms with E-state index in [4.69, 9.17) is 0 Å². The van der Waals surface area contributed by atoms with Crippen LogP contribution in [0, 0.1) is 6.92 Å². The van der Waals surface area contributed by atoms with Crippen LogP contribution in [-0.4, -0.2) is 16.1 Å². The molecule has 21 heavy (non-hydrogen) atoms. The Morgan fingerprint density at radius 3 is 2.57 bits per heavy atom. The van der Waals surface area contributed by atoms with Crippen LogP contribution in [-0.2, 0) is 17.6 Å². The van der Waals surface area contributed by atoms with Gasteiger partial charge in [-0.2, -0.15) is 0 Å². The fraction of sp³-hybridized carbons (Fsp3) is 0.235. The number of nitrogens with one attached hydrogen (secondary N) is 1. The van der Waals surface area contributed by atoms with Crippen LogP contribution in [0.25, 0.3) is 0 Å². The smallest absolute Gasteiger partial charge is 0.228 e. The van der Waals surface area contributed by atoms with E-state index in [0.29, 0.717) is 5.56 Å². The van der Waals surface area contributed by atoms with E-state index in [2.05, 4.69) is 5.32 Å². The summed E-state index contributed by atoms with van der Waals surface area (Å²) in [5, 5.41) is 21.6. The van der Waals surface area contributed by atoms with E-state index in [1.165, 1.54) is 12.1 Å². The lowest BCUT2D eigenvalue weighted by Gasteiger charge is -2.13. The zero-order chi connectivity index (χ0) is 15.4. The molecule has 2 aromatic rings. The van der Waals surface area contributed by atoms with Crippen LogP contribution in [0.5, 0.6) is 11.5 Å². The normalized spacial score (nSPS) is 10.4. The molecule has 0 unspecified atom stereocenters. The fourth-order valence-electron chi connectivity index (χ4n) is 2.25. The van der Waals surface area contributed by atoms with Crippen LogP contribution in [0.15, 0.2) is 36.4 Å². The van der Waals surface area contributed by atoms with Crippen LogP contribution >= 0.6 is 0 Å². The quantitative estimate of drug-likeness (QED) is 0.756. The van der Waals surface area contributed by atoms with E-state index in [1.807, 2.05) is 32.0 Å². The van der Waals surface area contributed by atoms with E-state index in [9.17, 15) is 15.0 Å². The molecule has 110 valence electrons. The van der Waals surface area contributed by atoms with Crippen molar-refractivity contribution in [2.24, 2.45) is 0 Å². The predicted molar refractivity (Wildman–Crippen MR) is 82.7 cm³/mol. The van der Waals surface area contributed by atoms with Gasteiger partial charge in [0.25, 0.3) is 0 Å². The molecule has 0 aromatic heterocycles. The molecule has 0 bridgehead atoms. The van der Waals surface area contributed by atoms with Crippen LogP contribution in [0.1, 0.15) is 23.6 Å². The van der Waals surface area contributed by atoms with Crippen molar-refractivity contribution < 1.29 is 15.0 Å². The number of rotatable bonds is 4. The summed E-state index contributed by atoms with van der Waals surface area (Å²) in [5.74, 6) is -0.555. The lowest BCUT2D eigenvalue weighted by molar-refractivity contribution is -0.115. The largest absolute Gasteiger partial charge is 0.504 e. The summed E-state index contributed by atoms with van der Waals surface area (Å²) in [6, 6.07) is 10.3. The van der Waals surface area contributed by atoms with Gasteiger partial charge >= 0.3 is 0 Å². The number of phenolic OH excluding ortho intramolecular Hbond substituents is 2. The van der Waals surface area contributed by atoms with Crippen LogP contribution < -0.4 is 5.32 Å². The Hall–Kier alpha value is -2.49. The molecule has 1 amide bonds. The average molecular weight is 285 g/mol. The topological polar surface area (TPSA) is 69.6 Å². The number of hydrogen-bond acceptors (Lipinski definition) is 3. The highest BCUT2D eigenvalue weighted by Gasteiger charge is 2.10. The highest BCUT2D eigenvalue weighted by molar-refractivity contribution is 5.93. The average Bonchev–Trinajstić information content (AvgIpc) is 2.45. The number of benzene rings is 2. The first-order chi connectivity index (χ1) is 10.0. The van der Waals surface area contributed by atoms with Crippen LogP contribution in [0.2, 0.25) is 0 Å². The standard InChI is InChI=1S/C17H19NO3/c1-3-13-6-4-5-11(2)17(13)18-16(21)10-12-7-8-14(19)15(20)9-12/h4-9,19-20H,3,10H2,1-2H3,(H,18,21). The summed E-state index contributed by atoms with van der Waals surface area (Å²) in [4.78, 5) is 12.1. The second-order valence-corrected chi connectivity index (χ2v) is 5.01. The minimum Gasteiger partial charge on any atom is -0.504 e. The molecule has 0 aliphatic heterocycles. The minimum absolute atomic E-state index is 0.144. The van der Waals surface area contributed by atoms with Crippen molar-refractivity contribution in [2.45, 2.75) is 26.7 Å². The molecule has 2 rings (SSSR count). The molecular weight excluding hydrogens is 266 g/mol. The van der Waals surface area contributed by atoms with Gasteiger partial charge in [-0.1, -0.05) is 31.2 Å². The van der Waals surface area contributed by atoms with Crippen molar-refractivity contribution in [1.82, 2.24) is 0 Å². The van der Waals surface area contributed by atoms with Crippen molar-refractivity contribution in [2.75, 3.05) is 5.32 Å². The van der Waals surface area contributed by atoms with Gasteiger partial charge in [0, 0.05) is 5.69 Å². The maximum atomic E-state index is 12.1. The first-order valence-corrected chi connectivity index (χ1v) is 6.90. The molecule has 0 heterocycles. The number of carbonyl (C=O) groups excluding carboxylic acids is 1. The van der Waals surface area contributed by atoms with E-state index in [0.717, 1.165) is 23.2 Å². The number of para-hydroxylation sites is 1. The summed E-state index contributed by atoms with van der Waals surface area (Å²) in [6.45, 7) is 4.00. The van der Waals surface area contributed by atoms with Gasteiger partial charge in [0.05, 0.1) is 6.42 Å². The predicted octanol–water partition coefficient (Wildman–Crippen LogP) is 3.15. The van der Waals surface area contributed by atoms with Crippen molar-refractivity contribution in [3.8, 4) is 11.5 Å². The molecule has 0 radical (unpaired) electrons. The second-order valence-electron chi connectivity index (χ2n) is 5.01. The Morgan fingerprint density at radius 2 is 1.90 bits per heavy atom. The van der Waals surface area contributed by atoms with Crippen molar-refractivity contribution >= 4 is 11.6 Å². The third kappa shape index (κ3) is 3.54. The summed E-state index contributed by atoms with van der Waals surface area (Å²) in [7, 11) is 0. The van der Waals surface area contributed by atoms with Crippen molar-refractivity contribution in [3.05, 3.63) is 53.1 Å². The number of anilines is 1. The van der Waals surface area contributed by atoms with Crippen molar-refractivity contribution in [3.63, 3.8) is 0 Å². The lowest BCUT2D eigenvalue weighted by Crippen LogP contribution is -2.16. The van der Waals surface area contributed by atoms with Gasteiger partial charge in [-0.25, -0.2) is 0 Å². The van der Waals surface area contributed by atoms with Gasteiger partial charge < -0.3 is 15.5 Å². The zero-order valence-corrected chi connectivity index (χ0v) is 12.2. The number of carbonyl (C=O) groups is 1. The molecule has 0 saturated carbocycles. The monoisotopic (exact) mass is 285 g/mol. The van der Waals surface area contributed by atoms with Gasteiger partial charge in [0.1, 0.15) is 0 Å². The van der Waals surface area contributed by atoms with Gasteiger partial charge in [-0.3, -0.25) is 4.79 Å². The van der Waals surface area contributed by atoms with Gasteiger partial charge in [-0.05, 0) is 42.2 Å². The number of hydrogen-bond donors (Lipinski definition) is 3. The molecule has 0 atom stereocenters. The maximum Gasteiger partial charge on any atom is 0.228 e. The molecular formula is C17H19NO3. The molecule has 0 spiro atoms. The summed E-state index contributed by atoms with van der Waals surface area (Å²) >= 11 is 0. The molecule has 0 aliphatic rings. The molecule has 0 aliphatic carbocycles. The third-order valence-electron chi connectivity index (χ3n) is 3.41. The Bertz CT molecular complexity index is 665. The Kier molecular flexibility index (Phi) is 4.48. The third-order valence-corrected chi connectivity index (χ3v) is 3.41. The number of phenols is 2. The highest BCUT2D eigenvalue weighted by Crippen LogP contribution is 2.26. The number of aromatic hydroxyl groups is 2. The van der Waals surface area contributed by atoms with E-state index >= 15 is 0 Å². The maximum absolute atomic E-state index is 12.1. The molecule has 4 nitrogen and oxygen atoms in total. The zero-order valence-electron chi connectivity index (χ0n) is 12.2. The first kappa shape index (κ1) is 14.9. The number of aryl methyl sites for hydroxylation is 2. The SMILES string of the molecule is CCc1cccc(C)c1NC(=O)Cc1ccc(O)c(O)c1. The van der Waals surface area contributed by atoms with Gasteiger partial charge in [0.2, 0.25) is 5.91 Å². The van der Waals surface area contributed by atoms with Crippen LogP contribution in [0.4, 0.5) is 5.69 Å².